The van der Waals surface area contributed by atoms with Crippen molar-refractivity contribution in [3.63, 3.8) is 0 Å². The van der Waals surface area contributed by atoms with Crippen LogP contribution < -0.4 is 37.5 Å². The molecule has 3 rings (SSSR count). The molecule has 0 aliphatic carbocycles. The number of aromatic nitrogens is 1. The molecular formula is C33H43N7O8. The van der Waals surface area contributed by atoms with Gasteiger partial charge in [-0.1, -0.05) is 18.2 Å². The number of nitrogens with zero attached hydrogens (tertiary/aromatic N) is 1. The van der Waals surface area contributed by atoms with E-state index in [2.05, 4.69) is 21.3 Å². The van der Waals surface area contributed by atoms with E-state index in [4.69, 9.17) is 16.2 Å². The van der Waals surface area contributed by atoms with Gasteiger partial charge < -0.3 is 42.6 Å². The number of aliphatic hydroxyl groups excluding tert-OH is 1. The fourth-order valence-corrected chi connectivity index (χ4v) is 4.93. The highest BCUT2D eigenvalue weighted by Crippen LogP contribution is 2.30. The Morgan fingerprint density at radius 1 is 0.917 bits per heavy atom. The van der Waals surface area contributed by atoms with E-state index >= 15 is 0 Å². The van der Waals surface area contributed by atoms with Crippen molar-refractivity contribution in [1.29, 1.82) is 0 Å². The van der Waals surface area contributed by atoms with Crippen LogP contribution >= 0.6 is 0 Å². The monoisotopic (exact) mass is 665 g/mol. The fourth-order valence-electron chi connectivity index (χ4n) is 4.93. The standard InChI is InChI=1S/C33H43N7O8/c1-18(34)31(45)39-26(30(35)44)11-13-28(42)38-19(2)32(46)37-17-22(41)16-36-29(43)15-24-20(3)40(33(47)21-8-6-5-7-9-21)27-12-10-23(48-4)14-25(24)27/h5-10,12,14,18-19,22,26,41H,11,13,15-17,34H2,1-4H3,(H2,35,44)(H,36,43)(H,37,46)(H,38,42)(H,39,45)/t18-,19-,22?,26+/m0/s1. The third-order valence-electron chi connectivity index (χ3n) is 7.65. The quantitative estimate of drug-likeness (QED) is 0.103. The van der Waals surface area contributed by atoms with Crippen LogP contribution in [0.15, 0.2) is 48.5 Å². The van der Waals surface area contributed by atoms with Crippen molar-refractivity contribution in [2.75, 3.05) is 20.2 Å². The lowest BCUT2D eigenvalue weighted by atomic mass is 10.1. The molecule has 4 atom stereocenters. The predicted molar refractivity (Wildman–Crippen MR) is 177 cm³/mol. The van der Waals surface area contributed by atoms with E-state index < -0.39 is 53.8 Å². The van der Waals surface area contributed by atoms with Gasteiger partial charge in [0.05, 0.1) is 31.2 Å². The Morgan fingerprint density at radius 3 is 2.21 bits per heavy atom. The normalized spacial score (nSPS) is 13.5. The van der Waals surface area contributed by atoms with Crippen molar-refractivity contribution >= 4 is 46.3 Å². The van der Waals surface area contributed by atoms with Gasteiger partial charge in [-0.2, -0.15) is 0 Å². The van der Waals surface area contributed by atoms with E-state index in [1.54, 1.807) is 54.0 Å². The number of ether oxygens (including phenoxy) is 1. The van der Waals surface area contributed by atoms with Crippen molar-refractivity contribution in [1.82, 2.24) is 25.8 Å². The van der Waals surface area contributed by atoms with Crippen molar-refractivity contribution < 1.29 is 38.6 Å². The molecule has 0 bridgehead atoms. The van der Waals surface area contributed by atoms with Gasteiger partial charge in [-0.15, -0.1) is 0 Å². The number of nitrogens with one attached hydrogen (secondary N) is 4. The second kappa shape index (κ2) is 17.0. The van der Waals surface area contributed by atoms with Crippen LogP contribution in [0.2, 0.25) is 0 Å². The third-order valence-corrected chi connectivity index (χ3v) is 7.65. The molecule has 1 aromatic heterocycles. The Balaban J connectivity index is 1.53. The minimum atomic E-state index is -1.15. The van der Waals surface area contributed by atoms with Gasteiger partial charge in [-0.05, 0) is 63.1 Å². The summed E-state index contributed by atoms with van der Waals surface area (Å²) in [7, 11) is 1.52. The number of hydrogen-bond acceptors (Lipinski definition) is 9. The van der Waals surface area contributed by atoms with Crippen LogP contribution in [0.4, 0.5) is 0 Å². The maximum Gasteiger partial charge on any atom is 0.262 e. The van der Waals surface area contributed by atoms with Crippen molar-refractivity contribution in [3.8, 4) is 5.75 Å². The van der Waals surface area contributed by atoms with Crippen molar-refractivity contribution in [2.45, 2.75) is 64.3 Å². The summed E-state index contributed by atoms with van der Waals surface area (Å²) in [5, 5.41) is 21.1. The smallest absolute Gasteiger partial charge is 0.262 e. The molecule has 3 aromatic rings. The van der Waals surface area contributed by atoms with E-state index in [1.807, 2.05) is 6.07 Å². The zero-order chi connectivity index (χ0) is 35.5. The summed E-state index contributed by atoms with van der Waals surface area (Å²) in [5.74, 6) is -2.68. The number of nitrogens with two attached hydrogens (primary N) is 2. The molecule has 0 saturated carbocycles. The predicted octanol–water partition coefficient (Wildman–Crippen LogP) is -0.615. The van der Waals surface area contributed by atoms with Gasteiger partial charge in [0, 0.05) is 36.2 Å². The lowest BCUT2D eigenvalue weighted by Crippen LogP contribution is -2.50. The van der Waals surface area contributed by atoms with E-state index in [-0.39, 0.29) is 38.3 Å². The van der Waals surface area contributed by atoms with E-state index in [0.29, 0.717) is 33.5 Å². The number of carbonyl (C=O) groups is 6. The van der Waals surface area contributed by atoms with E-state index in [9.17, 15) is 33.9 Å². The summed E-state index contributed by atoms with van der Waals surface area (Å²) in [6, 6.07) is 11.1. The minimum absolute atomic E-state index is 0.0851. The van der Waals surface area contributed by atoms with Gasteiger partial charge in [-0.25, -0.2) is 0 Å². The zero-order valence-electron chi connectivity index (χ0n) is 27.4. The summed E-state index contributed by atoms with van der Waals surface area (Å²) in [6.07, 6.45) is -1.53. The highest BCUT2D eigenvalue weighted by molar-refractivity contribution is 6.05. The van der Waals surface area contributed by atoms with Gasteiger partial charge in [-0.3, -0.25) is 33.3 Å². The van der Waals surface area contributed by atoms with E-state index in [0.717, 1.165) is 0 Å². The number of benzene rings is 2. The molecule has 15 nitrogen and oxygen atoms in total. The number of carbonyl (C=O) groups excluding carboxylic acids is 6. The lowest BCUT2D eigenvalue weighted by molar-refractivity contribution is -0.130. The van der Waals surface area contributed by atoms with Crippen LogP contribution in [0, 0.1) is 6.92 Å². The Kier molecular flexibility index (Phi) is 13.2. The Labute approximate surface area is 277 Å². The molecule has 1 heterocycles. The Morgan fingerprint density at radius 2 is 1.58 bits per heavy atom. The van der Waals surface area contributed by atoms with Gasteiger partial charge >= 0.3 is 0 Å². The Hall–Kier alpha value is -5.28. The van der Waals surface area contributed by atoms with Gasteiger partial charge in [0.25, 0.3) is 5.91 Å². The van der Waals surface area contributed by atoms with Crippen LogP contribution in [-0.4, -0.2) is 89.5 Å². The third kappa shape index (κ3) is 9.86. The van der Waals surface area contributed by atoms with Crippen LogP contribution in [0.1, 0.15) is 48.3 Å². The maximum atomic E-state index is 13.4. The minimum Gasteiger partial charge on any atom is -0.497 e. The van der Waals surface area contributed by atoms with Crippen LogP contribution in [0.3, 0.4) is 0 Å². The molecule has 48 heavy (non-hydrogen) atoms. The first-order chi connectivity index (χ1) is 22.7. The molecule has 1 unspecified atom stereocenters. The Bertz CT molecular complexity index is 1650. The maximum absolute atomic E-state index is 13.4. The molecule has 2 aromatic carbocycles. The van der Waals surface area contributed by atoms with Crippen LogP contribution in [0.25, 0.3) is 10.9 Å². The second-order valence-electron chi connectivity index (χ2n) is 11.4. The van der Waals surface area contributed by atoms with Gasteiger partial charge in [0.2, 0.25) is 29.5 Å². The summed E-state index contributed by atoms with van der Waals surface area (Å²) in [6.45, 7) is 4.23. The molecule has 15 heteroatoms. The van der Waals surface area contributed by atoms with Crippen molar-refractivity contribution in [3.05, 3.63) is 65.4 Å². The number of methoxy groups -OCH3 is 1. The molecular weight excluding hydrogens is 622 g/mol. The van der Waals surface area contributed by atoms with Crippen LogP contribution in [-0.2, 0) is 30.4 Å². The molecule has 0 radical (unpaired) electrons. The number of primary amides is 1. The molecule has 0 spiro atoms. The van der Waals surface area contributed by atoms with Gasteiger partial charge in [0.15, 0.2) is 0 Å². The average molecular weight is 666 g/mol. The molecule has 0 saturated heterocycles. The summed E-state index contributed by atoms with van der Waals surface area (Å²) >= 11 is 0. The number of rotatable bonds is 16. The SMILES string of the molecule is COc1ccc2c(c1)c(CC(=O)NCC(O)CNC(=O)[C@H](C)NC(=O)CC[C@@H](NC(=O)[C@H](C)N)C(N)=O)c(C)n2C(=O)c1ccccc1. The zero-order valence-corrected chi connectivity index (χ0v) is 27.4. The summed E-state index contributed by atoms with van der Waals surface area (Å²) in [4.78, 5) is 74.6. The molecule has 5 amide bonds. The summed E-state index contributed by atoms with van der Waals surface area (Å²) in [5.41, 5.74) is 13.1. The molecule has 258 valence electrons. The highest BCUT2D eigenvalue weighted by Gasteiger charge is 2.24. The molecule has 9 N–H and O–H groups in total. The van der Waals surface area contributed by atoms with Crippen molar-refractivity contribution in [2.24, 2.45) is 11.5 Å². The van der Waals surface area contributed by atoms with E-state index in [1.165, 1.54) is 21.0 Å². The molecule has 0 aliphatic heterocycles. The number of hydrogen-bond donors (Lipinski definition) is 7. The number of fused-ring (bicyclic) bond motifs is 1. The molecule has 0 fully saturated rings. The highest BCUT2D eigenvalue weighted by atomic mass is 16.5. The number of aliphatic hydroxyl groups is 1. The van der Waals surface area contributed by atoms with Gasteiger partial charge in [0.1, 0.15) is 17.8 Å². The second-order valence-corrected chi connectivity index (χ2v) is 11.4. The first-order valence-electron chi connectivity index (χ1n) is 15.4. The molecule has 0 aliphatic rings. The number of amides is 5. The lowest BCUT2D eigenvalue weighted by Gasteiger charge is -2.18. The van der Waals surface area contributed by atoms with Crippen LogP contribution in [0.5, 0.6) is 5.75 Å². The summed E-state index contributed by atoms with van der Waals surface area (Å²) < 4.78 is 6.93. The first kappa shape index (κ1) is 37.2. The fraction of sp³-hybridized carbons (Fsp3) is 0.394. The first-order valence-corrected chi connectivity index (χ1v) is 15.4. The average Bonchev–Trinajstić information content (AvgIpc) is 3.33. The topological polar surface area (TPSA) is 237 Å². The largest absolute Gasteiger partial charge is 0.497 e.